The predicted octanol–water partition coefficient (Wildman–Crippen LogP) is 1.92. The van der Waals surface area contributed by atoms with Gasteiger partial charge in [0.25, 0.3) is 0 Å². The molecule has 1 aromatic carbocycles. The van der Waals surface area contributed by atoms with Crippen LogP contribution in [-0.4, -0.2) is 68.9 Å². The second kappa shape index (κ2) is 10.2. The third-order valence-electron chi connectivity index (χ3n) is 4.13. The maximum Gasteiger partial charge on any atom is 0.122 e. The molecule has 1 aliphatic heterocycles. The fourth-order valence-electron chi connectivity index (χ4n) is 2.65. The van der Waals surface area contributed by atoms with Crippen LogP contribution in [-0.2, 0) is 4.74 Å². The van der Waals surface area contributed by atoms with Crippen molar-refractivity contribution >= 4 is 0 Å². The molecule has 23 heavy (non-hydrogen) atoms. The van der Waals surface area contributed by atoms with E-state index in [0.717, 1.165) is 63.8 Å². The summed E-state index contributed by atoms with van der Waals surface area (Å²) in [6.07, 6.45) is 0.563. The van der Waals surface area contributed by atoms with Gasteiger partial charge in [0.05, 0.1) is 19.3 Å². The first kappa shape index (κ1) is 17.7. The maximum absolute atomic E-state index is 8.84. The highest BCUT2D eigenvalue weighted by Crippen LogP contribution is 2.15. The Kier molecular flexibility index (Phi) is 7.88. The number of para-hydroxylation sites is 1. The highest BCUT2D eigenvalue weighted by Gasteiger charge is 2.12. The second-order valence-corrected chi connectivity index (χ2v) is 5.82. The molecule has 0 bridgehead atoms. The van der Waals surface area contributed by atoms with E-state index in [9.17, 15) is 0 Å². The average molecular weight is 317 g/mol. The minimum Gasteiger partial charge on any atom is -0.492 e. The Morgan fingerprint density at radius 1 is 1.22 bits per heavy atom. The lowest BCUT2D eigenvalue weighted by molar-refractivity contribution is 0.0328. The molecule has 0 aliphatic carbocycles. The van der Waals surface area contributed by atoms with Crippen LogP contribution in [0.4, 0.5) is 0 Å². The lowest BCUT2D eigenvalue weighted by atomic mass is 10.2. The number of ether oxygens (including phenoxy) is 2. The van der Waals surface area contributed by atoms with E-state index >= 15 is 0 Å². The summed E-state index contributed by atoms with van der Waals surface area (Å²) in [5.74, 6) is 0.945. The molecule has 0 N–H and O–H groups in total. The second-order valence-electron chi connectivity index (χ2n) is 5.82. The van der Waals surface area contributed by atoms with Crippen molar-refractivity contribution in [2.45, 2.75) is 13.3 Å². The van der Waals surface area contributed by atoms with Crippen molar-refractivity contribution in [3.63, 3.8) is 0 Å². The summed E-state index contributed by atoms with van der Waals surface area (Å²) in [6, 6.07) is 10.3. The molecule has 1 aliphatic rings. The third kappa shape index (κ3) is 6.57. The number of nitrogens with zero attached hydrogens (tertiary/aromatic N) is 3. The first-order valence-electron chi connectivity index (χ1n) is 8.37. The van der Waals surface area contributed by atoms with Crippen LogP contribution in [0.25, 0.3) is 0 Å². The Bertz CT molecular complexity index is 495. The van der Waals surface area contributed by atoms with Crippen molar-refractivity contribution < 1.29 is 9.47 Å². The van der Waals surface area contributed by atoms with E-state index in [-0.39, 0.29) is 0 Å². The molecule has 1 saturated heterocycles. The van der Waals surface area contributed by atoms with Crippen molar-refractivity contribution in [2.75, 3.05) is 59.1 Å². The average Bonchev–Trinajstić information content (AvgIpc) is 2.59. The number of rotatable bonds is 9. The van der Waals surface area contributed by atoms with Gasteiger partial charge < -0.3 is 9.47 Å². The molecule has 0 aromatic heterocycles. The Morgan fingerprint density at radius 2 is 2.00 bits per heavy atom. The van der Waals surface area contributed by atoms with E-state index in [0.29, 0.717) is 13.0 Å². The van der Waals surface area contributed by atoms with Gasteiger partial charge in [0.1, 0.15) is 12.4 Å². The number of benzene rings is 1. The zero-order valence-electron chi connectivity index (χ0n) is 14.0. The quantitative estimate of drug-likeness (QED) is 0.696. The van der Waals surface area contributed by atoms with Crippen LogP contribution in [0, 0.1) is 18.3 Å². The first-order valence-corrected chi connectivity index (χ1v) is 8.37. The van der Waals surface area contributed by atoms with E-state index in [1.54, 1.807) is 0 Å². The summed E-state index contributed by atoms with van der Waals surface area (Å²) in [5, 5.41) is 8.84. The van der Waals surface area contributed by atoms with E-state index in [1.165, 1.54) is 0 Å². The van der Waals surface area contributed by atoms with Crippen molar-refractivity contribution in [2.24, 2.45) is 0 Å². The first-order chi connectivity index (χ1) is 11.3. The molecule has 126 valence electrons. The summed E-state index contributed by atoms with van der Waals surface area (Å²) < 4.78 is 11.3. The molecule has 2 rings (SSSR count). The minimum atomic E-state index is 0.563. The van der Waals surface area contributed by atoms with Crippen molar-refractivity contribution in [3.8, 4) is 11.8 Å². The van der Waals surface area contributed by atoms with Gasteiger partial charge >= 0.3 is 0 Å². The number of nitriles is 1. The Balaban J connectivity index is 1.73. The van der Waals surface area contributed by atoms with Gasteiger partial charge in [0, 0.05) is 45.7 Å². The number of hydrogen-bond acceptors (Lipinski definition) is 5. The molecule has 0 saturated carbocycles. The number of morpholine rings is 1. The van der Waals surface area contributed by atoms with Gasteiger partial charge in [0.2, 0.25) is 0 Å². The molecular weight excluding hydrogens is 290 g/mol. The third-order valence-corrected chi connectivity index (χ3v) is 4.13. The summed E-state index contributed by atoms with van der Waals surface area (Å²) >= 11 is 0. The van der Waals surface area contributed by atoms with Gasteiger partial charge in [-0.05, 0) is 18.6 Å². The van der Waals surface area contributed by atoms with Crippen molar-refractivity contribution in [1.82, 2.24) is 9.80 Å². The molecule has 5 heteroatoms. The molecule has 0 spiro atoms. The van der Waals surface area contributed by atoms with Crippen LogP contribution in [0.3, 0.4) is 0 Å². The number of hydrogen-bond donors (Lipinski definition) is 0. The van der Waals surface area contributed by atoms with Crippen LogP contribution >= 0.6 is 0 Å². The molecule has 1 heterocycles. The van der Waals surface area contributed by atoms with Gasteiger partial charge in [-0.25, -0.2) is 0 Å². The zero-order chi connectivity index (χ0) is 16.3. The summed E-state index contributed by atoms with van der Waals surface area (Å²) in [7, 11) is 0. The Hall–Kier alpha value is -1.61. The van der Waals surface area contributed by atoms with Crippen LogP contribution in [0.15, 0.2) is 24.3 Å². The minimum absolute atomic E-state index is 0.563. The lowest BCUT2D eigenvalue weighted by Crippen LogP contribution is -2.42. The molecule has 1 aromatic rings. The fourth-order valence-corrected chi connectivity index (χ4v) is 2.65. The Labute approximate surface area is 139 Å². The zero-order valence-corrected chi connectivity index (χ0v) is 14.0. The standard InChI is InChI=1S/C18H27N3O2/c1-17-5-2-3-6-18(17)23-16-13-20(8-4-7-19)9-10-21-11-14-22-15-12-21/h2-3,5-6H,4,8-16H2,1H3. The van der Waals surface area contributed by atoms with Gasteiger partial charge in [-0.15, -0.1) is 0 Å². The smallest absolute Gasteiger partial charge is 0.122 e. The highest BCUT2D eigenvalue weighted by molar-refractivity contribution is 5.31. The number of aryl methyl sites for hydroxylation is 1. The van der Waals surface area contributed by atoms with Crippen molar-refractivity contribution in [1.29, 1.82) is 5.26 Å². The SMILES string of the molecule is Cc1ccccc1OCCN(CCC#N)CCN1CCOCC1. The van der Waals surface area contributed by atoms with Gasteiger partial charge in [-0.1, -0.05) is 18.2 Å². The monoisotopic (exact) mass is 317 g/mol. The molecule has 0 unspecified atom stereocenters. The lowest BCUT2D eigenvalue weighted by Gasteiger charge is -2.29. The van der Waals surface area contributed by atoms with Gasteiger partial charge in [-0.3, -0.25) is 9.80 Å². The normalized spacial score (nSPS) is 15.5. The van der Waals surface area contributed by atoms with E-state index in [1.807, 2.05) is 18.2 Å². The van der Waals surface area contributed by atoms with E-state index in [2.05, 4.69) is 28.9 Å². The predicted molar refractivity (Wildman–Crippen MR) is 90.6 cm³/mol. The molecule has 5 nitrogen and oxygen atoms in total. The highest BCUT2D eigenvalue weighted by atomic mass is 16.5. The van der Waals surface area contributed by atoms with Crippen LogP contribution in [0.2, 0.25) is 0 Å². The topological polar surface area (TPSA) is 48.7 Å². The van der Waals surface area contributed by atoms with Gasteiger partial charge in [-0.2, -0.15) is 5.26 Å². The van der Waals surface area contributed by atoms with E-state index in [4.69, 9.17) is 14.7 Å². The summed E-state index contributed by atoms with van der Waals surface area (Å²) in [5.41, 5.74) is 1.16. The molecule has 0 amide bonds. The van der Waals surface area contributed by atoms with Crippen LogP contribution in [0.5, 0.6) is 5.75 Å². The molecule has 0 radical (unpaired) electrons. The largest absolute Gasteiger partial charge is 0.492 e. The van der Waals surface area contributed by atoms with Crippen LogP contribution in [0.1, 0.15) is 12.0 Å². The van der Waals surface area contributed by atoms with E-state index < -0.39 is 0 Å². The van der Waals surface area contributed by atoms with Gasteiger partial charge in [0.15, 0.2) is 0 Å². The molecule has 1 fully saturated rings. The maximum atomic E-state index is 8.84. The Morgan fingerprint density at radius 3 is 2.74 bits per heavy atom. The summed E-state index contributed by atoms with van der Waals surface area (Å²) in [4.78, 5) is 4.74. The molecular formula is C18H27N3O2. The van der Waals surface area contributed by atoms with Crippen LogP contribution < -0.4 is 4.74 Å². The molecule has 0 atom stereocenters. The fraction of sp³-hybridized carbons (Fsp3) is 0.611. The summed E-state index contributed by atoms with van der Waals surface area (Å²) in [6.45, 7) is 10.0. The van der Waals surface area contributed by atoms with Crippen molar-refractivity contribution in [3.05, 3.63) is 29.8 Å².